The van der Waals surface area contributed by atoms with Crippen LogP contribution >= 0.6 is 0 Å². The summed E-state index contributed by atoms with van der Waals surface area (Å²) in [5, 5.41) is 2.75. The molecule has 3 aromatic rings. The first kappa shape index (κ1) is 20.9. The van der Waals surface area contributed by atoms with Gasteiger partial charge in [-0.05, 0) is 42.8 Å². The number of rotatable bonds is 6. The summed E-state index contributed by atoms with van der Waals surface area (Å²) in [6.07, 6.45) is -1.26. The Morgan fingerprint density at radius 3 is 2.43 bits per heavy atom. The molecular weight excluding hydrogens is 387 g/mol. The number of hydrogen-bond donors (Lipinski definition) is 2. The van der Waals surface area contributed by atoms with Gasteiger partial charge in [-0.2, -0.15) is 0 Å². The first-order chi connectivity index (χ1) is 14.4. The number of hydrogen-bond acceptors (Lipinski definition) is 5. The van der Waals surface area contributed by atoms with Gasteiger partial charge >= 0.3 is 5.97 Å². The van der Waals surface area contributed by atoms with E-state index in [1.165, 1.54) is 13.2 Å². The summed E-state index contributed by atoms with van der Waals surface area (Å²) in [4.78, 5) is 25.7. The van der Waals surface area contributed by atoms with Crippen LogP contribution in [-0.4, -0.2) is 19.0 Å². The van der Waals surface area contributed by atoms with Crippen LogP contribution in [0.4, 0.5) is 15.8 Å². The van der Waals surface area contributed by atoms with E-state index in [9.17, 15) is 14.0 Å². The molecular formula is C23H21FN2O4. The maximum Gasteiger partial charge on any atom is 0.341 e. The summed E-state index contributed by atoms with van der Waals surface area (Å²) in [6, 6.07) is 17.2. The zero-order chi connectivity index (χ0) is 21.7. The smallest absolute Gasteiger partial charge is 0.341 e. The molecule has 0 aromatic heterocycles. The topological polar surface area (TPSA) is 90.6 Å². The van der Waals surface area contributed by atoms with Crippen molar-refractivity contribution in [3.05, 3.63) is 89.2 Å². The molecule has 7 heteroatoms. The highest BCUT2D eigenvalue weighted by Gasteiger charge is 2.27. The molecule has 0 heterocycles. The third kappa shape index (κ3) is 4.75. The van der Waals surface area contributed by atoms with Gasteiger partial charge in [-0.1, -0.05) is 36.4 Å². The maximum absolute atomic E-state index is 13.3. The van der Waals surface area contributed by atoms with Gasteiger partial charge < -0.3 is 20.5 Å². The number of carbonyl (C=O) groups excluding carboxylic acids is 2. The lowest BCUT2D eigenvalue weighted by Gasteiger charge is -2.19. The molecule has 0 radical (unpaired) electrons. The first-order valence-corrected chi connectivity index (χ1v) is 9.15. The quantitative estimate of drug-likeness (QED) is 0.470. The molecule has 0 bridgehead atoms. The number of anilines is 2. The van der Waals surface area contributed by atoms with Crippen molar-refractivity contribution in [2.45, 2.75) is 13.0 Å². The van der Waals surface area contributed by atoms with Crippen molar-refractivity contribution < 1.29 is 23.5 Å². The summed E-state index contributed by atoms with van der Waals surface area (Å²) in [5.74, 6) is -1.52. The van der Waals surface area contributed by atoms with Crippen LogP contribution < -0.4 is 15.8 Å². The van der Waals surface area contributed by atoms with Crippen molar-refractivity contribution >= 4 is 23.3 Å². The Morgan fingerprint density at radius 1 is 1.03 bits per heavy atom. The Hall–Kier alpha value is -3.87. The first-order valence-electron chi connectivity index (χ1n) is 9.15. The predicted molar refractivity (Wildman–Crippen MR) is 112 cm³/mol. The molecule has 1 unspecified atom stereocenters. The number of ether oxygens (including phenoxy) is 2. The second-order valence-electron chi connectivity index (χ2n) is 6.62. The number of nitrogens with two attached hydrogens (primary N) is 1. The van der Waals surface area contributed by atoms with Gasteiger partial charge in [0.25, 0.3) is 5.91 Å². The monoisotopic (exact) mass is 408 g/mol. The number of nitrogen functional groups attached to an aromatic ring is 1. The fraction of sp³-hybridized carbons (Fsp3) is 0.130. The third-order valence-electron chi connectivity index (χ3n) is 4.41. The Balaban J connectivity index is 1.90. The predicted octanol–water partition coefficient (Wildman–Crippen LogP) is 4.26. The largest absolute Gasteiger partial charge is 0.495 e. The van der Waals surface area contributed by atoms with E-state index in [2.05, 4.69) is 5.32 Å². The van der Waals surface area contributed by atoms with Gasteiger partial charge in [0.2, 0.25) is 6.10 Å². The minimum atomic E-state index is -1.26. The highest BCUT2D eigenvalue weighted by atomic mass is 19.1. The van der Waals surface area contributed by atoms with E-state index in [1.807, 2.05) is 13.0 Å². The van der Waals surface area contributed by atoms with Gasteiger partial charge in [0.15, 0.2) is 0 Å². The zero-order valence-corrected chi connectivity index (χ0v) is 16.5. The number of methoxy groups -OCH3 is 1. The van der Waals surface area contributed by atoms with E-state index in [4.69, 9.17) is 15.2 Å². The highest BCUT2D eigenvalue weighted by Crippen LogP contribution is 2.28. The summed E-state index contributed by atoms with van der Waals surface area (Å²) in [5.41, 5.74) is 7.46. The Labute approximate surface area is 173 Å². The van der Waals surface area contributed by atoms with Crippen LogP contribution in [-0.2, 0) is 9.53 Å². The second-order valence-corrected chi connectivity index (χ2v) is 6.62. The minimum absolute atomic E-state index is 0.0294. The Kier molecular flexibility index (Phi) is 6.32. The minimum Gasteiger partial charge on any atom is -0.495 e. The average Bonchev–Trinajstić information content (AvgIpc) is 2.72. The fourth-order valence-electron chi connectivity index (χ4n) is 2.91. The molecule has 0 fully saturated rings. The molecule has 0 aliphatic rings. The van der Waals surface area contributed by atoms with Crippen molar-refractivity contribution in [2.75, 3.05) is 18.2 Å². The molecule has 0 saturated carbocycles. The second kappa shape index (κ2) is 9.09. The Morgan fingerprint density at radius 2 is 1.77 bits per heavy atom. The van der Waals surface area contributed by atoms with Gasteiger partial charge in [0, 0.05) is 11.3 Å². The summed E-state index contributed by atoms with van der Waals surface area (Å²) < 4.78 is 24.1. The van der Waals surface area contributed by atoms with Crippen LogP contribution in [0.1, 0.15) is 27.6 Å². The molecule has 3 aromatic carbocycles. The molecule has 1 amide bonds. The van der Waals surface area contributed by atoms with Gasteiger partial charge in [-0.25, -0.2) is 9.18 Å². The lowest BCUT2D eigenvalue weighted by molar-refractivity contribution is -0.125. The van der Waals surface area contributed by atoms with Gasteiger partial charge in [-0.3, -0.25) is 4.79 Å². The van der Waals surface area contributed by atoms with Crippen LogP contribution in [0.5, 0.6) is 5.75 Å². The van der Waals surface area contributed by atoms with E-state index in [0.717, 1.165) is 17.7 Å². The summed E-state index contributed by atoms with van der Waals surface area (Å²) in [7, 11) is 1.49. The SMILES string of the molecule is COc1ccc(C)cc1NC(=O)C(OC(=O)c1ccc(F)cc1N)c1ccccc1. The van der Waals surface area contributed by atoms with Gasteiger partial charge in [0.05, 0.1) is 18.4 Å². The van der Waals surface area contributed by atoms with E-state index in [1.54, 1.807) is 42.5 Å². The molecule has 154 valence electrons. The fourth-order valence-corrected chi connectivity index (χ4v) is 2.91. The number of esters is 1. The van der Waals surface area contributed by atoms with Crippen LogP contribution in [0.2, 0.25) is 0 Å². The van der Waals surface area contributed by atoms with E-state index in [0.29, 0.717) is 17.0 Å². The molecule has 0 spiro atoms. The van der Waals surface area contributed by atoms with E-state index in [-0.39, 0.29) is 11.3 Å². The number of amides is 1. The van der Waals surface area contributed by atoms with Gasteiger partial charge in [0.1, 0.15) is 11.6 Å². The normalized spacial score (nSPS) is 11.4. The van der Waals surface area contributed by atoms with Crippen LogP contribution in [0.25, 0.3) is 0 Å². The highest BCUT2D eigenvalue weighted by molar-refractivity contribution is 6.00. The summed E-state index contributed by atoms with van der Waals surface area (Å²) in [6.45, 7) is 1.88. The van der Waals surface area contributed by atoms with Crippen molar-refractivity contribution in [1.82, 2.24) is 0 Å². The lowest BCUT2D eigenvalue weighted by Crippen LogP contribution is -2.26. The molecule has 3 N–H and O–H groups in total. The third-order valence-corrected chi connectivity index (χ3v) is 4.41. The van der Waals surface area contributed by atoms with E-state index < -0.39 is 23.8 Å². The molecule has 30 heavy (non-hydrogen) atoms. The van der Waals surface area contributed by atoms with Crippen LogP contribution in [0.15, 0.2) is 66.7 Å². The van der Waals surface area contributed by atoms with Crippen LogP contribution in [0, 0.1) is 12.7 Å². The van der Waals surface area contributed by atoms with Crippen molar-refractivity contribution in [1.29, 1.82) is 0 Å². The maximum atomic E-state index is 13.3. The number of benzene rings is 3. The zero-order valence-electron chi connectivity index (χ0n) is 16.5. The lowest BCUT2D eigenvalue weighted by atomic mass is 10.1. The van der Waals surface area contributed by atoms with E-state index >= 15 is 0 Å². The van der Waals surface area contributed by atoms with Crippen LogP contribution in [0.3, 0.4) is 0 Å². The van der Waals surface area contributed by atoms with Crippen molar-refractivity contribution in [3.63, 3.8) is 0 Å². The number of carbonyl (C=O) groups is 2. The molecule has 0 aliphatic carbocycles. The number of halogens is 1. The average molecular weight is 408 g/mol. The summed E-state index contributed by atoms with van der Waals surface area (Å²) >= 11 is 0. The number of nitrogens with one attached hydrogen (secondary N) is 1. The van der Waals surface area contributed by atoms with Crippen molar-refractivity contribution in [3.8, 4) is 5.75 Å². The van der Waals surface area contributed by atoms with Gasteiger partial charge in [-0.15, -0.1) is 0 Å². The molecule has 0 saturated heterocycles. The molecule has 0 aliphatic heterocycles. The standard InChI is InChI=1S/C23H21FN2O4/c1-14-8-11-20(29-2)19(12-14)26-22(27)21(15-6-4-3-5-7-15)30-23(28)17-10-9-16(24)13-18(17)25/h3-13,21H,25H2,1-2H3,(H,26,27). The molecule has 1 atom stereocenters. The molecule has 3 rings (SSSR count). The molecule has 6 nitrogen and oxygen atoms in total. The number of aryl methyl sites for hydroxylation is 1. The van der Waals surface area contributed by atoms with Crippen molar-refractivity contribution in [2.24, 2.45) is 0 Å². The Bertz CT molecular complexity index is 1070.